The molecule has 5 aliphatic rings. The smallest absolute Gasteiger partial charge is 0.426 e. The second kappa shape index (κ2) is 6.54. The number of amides is 1. The van der Waals surface area contributed by atoms with Crippen LogP contribution in [0.15, 0.2) is 0 Å². The fourth-order valence-electron chi connectivity index (χ4n) is 6.92. The average Bonchev–Trinajstić information content (AvgIpc) is 3.00. The number of hydrogen-bond acceptors (Lipinski definition) is 4. The van der Waals surface area contributed by atoms with Gasteiger partial charge in [-0.2, -0.15) is 0 Å². The number of rotatable bonds is 5. The summed E-state index contributed by atoms with van der Waals surface area (Å²) in [6, 6.07) is 0.0855. The summed E-state index contributed by atoms with van der Waals surface area (Å²) in [5.41, 5.74) is 0.0870. The zero-order valence-corrected chi connectivity index (χ0v) is 15.7. The largest absolute Gasteiger partial charge is 0.475 e. The summed E-state index contributed by atoms with van der Waals surface area (Å²) in [5, 5.41) is 23.0. The van der Waals surface area contributed by atoms with E-state index < -0.39 is 13.1 Å². The van der Waals surface area contributed by atoms with Crippen LogP contribution in [0.1, 0.15) is 65.2 Å². The van der Waals surface area contributed by atoms with Crippen LogP contribution in [0.2, 0.25) is 0 Å². The maximum absolute atomic E-state index is 13.6. The summed E-state index contributed by atoms with van der Waals surface area (Å²) in [6.07, 6.45) is 9.18. The van der Waals surface area contributed by atoms with Gasteiger partial charge < -0.3 is 20.3 Å². The van der Waals surface area contributed by atoms with Gasteiger partial charge in [-0.3, -0.25) is 4.79 Å². The van der Waals surface area contributed by atoms with E-state index in [0.717, 1.165) is 24.2 Å². The monoisotopic (exact) mass is 348 g/mol. The fraction of sp³-hybridized carbons (Fsp3) is 0.947. The van der Waals surface area contributed by atoms with E-state index in [1.807, 2.05) is 0 Å². The molecule has 2 atom stereocenters. The van der Waals surface area contributed by atoms with Crippen molar-refractivity contribution in [3.63, 3.8) is 0 Å². The molecule has 5 rings (SSSR count). The van der Waals surface area contributed by atoms with Crippen molar-refractivity contribution in [2.24, 2.45) is 23.2 Å². The molecule has 2 unspecified atom stereocenters. The van der Waals surface area contributed by atoms with Crippen molar-refractivity contribution in [3.8, 4) is 0 Å². The highest BCUT2D eigenvalue weighted by molar-refractivity contribution is 6.43. The van der Waals surface area contributed by atoms with Gasteiger partial charge in [0.05, 0.1) is 12.0 Å². The minimum absolute atomic E-state index is 0.0870. The Bertz CT molecular complexity index is 490. The van der Waals surface area contributed by atoms with E-state index in [1.165, 1.54) is 38.5 Å². The van der Waals surface area contributed by atoms with Crippen molar-refractivity contribution in [2.75, 3.05) is 6.54 Å². The maximum Gasteiger partial charge on any atom is 0.475 e. The van der Waals surface area contributed by atoms with E-state index in [1.54, 1.807) is 4.90 Å². The Morgan fingerprint density at radius 2 is 1.68 bits per heavy atom. The quantitative estimate of drug-likeness (QED) is 0.660. The first kappa shape index (κ1) is 17.8. The number of likely N-dealkylation sites (tertiary alicyclic amines) is 1. The average molecular weight is 348 g/mol. The molecule has 0 spiro atoms. The maximum atomic E-state index is 13.6. The standard InChI is InChI=1S/C19H33BN2O3/c1-12(2)21-17(18(23)22-5-3-4-16(22)20(24)25)19-9-13-6-14(10-19)8-15(7-13)11-19/h12-17,21,24-25H,3-11H2,1-2H3. The van der Waals surface area contributed by atoms with Crippen molar-refractivity contribution in [1.82, 2.24) is 10.2 Å². The molecule has 5 nitrogen and oxygen atoms in total. The van der Waals surface area contributed by atoms with E-state index in [4.69, 9.17) is 0 Å². The highest BCUT2D eigenvalue weighted by Gasteiger charge is 2.57. The first-order valence-electron chi connectivity index (χ1n) is 10.3. The second-order valence-corrected chi connectivity index (χ2v) is 9.69. The van der Waals surface area contributed by atoms with Crippen LogP contribution in [-0.2, 0) is 4.79 Å². The molecule has 1 aliphatic heterocycles. The lowest BCUT2D eigenvalue weighted by Gasteiger charge is -2.59. The van der Waals surface area contributed by atoms with Gasteiger partial charge in [-0.1, -0.05) is 13.8 Å². The molecule has 1 amide bonds. The Hall–Kier alpha value is -0.585. The lowest BCUT2D eigenvalue weighted by molar-refractivity contribution is -0.146. The van der Waals surface area contributed by atoms with Crippen LogP contribution in [0.5, 0.6) is 0 Å². The summed E-state index contributed by atoms with van der Waals surface area (Å²) < 4.78 is 0. The Labute approximate surface area is 151 Å². The van der Waals surface area contributed by atoms with Gasteiger partial charge in [0, 0.05) is 12.6 Å². The molecule has 5 fully saturated rings. The van der Waals surface area contributed by atoms with Gasteiger partial charge in [0.15, 0.2) is 0 Å². The van der Waals surface area contributed by atoms with Crippen LogP contribution in [-0.4, -0.2) is 52.5 Å². The van der Waals surface area contributed by atoms with Gasteiger partial charge in [0.1, 0.15) is 0 Å². The molecule has 0 aromatic heterocycles. The predicted molar refractivity (Wildman–Crippen MR) is 97.6 cm³/mol. The molecular formula is C19H33BN2O3. The molecule has 3 N–H and O–H groups in total. The summed E-state index contributed by atoms with van der Waals surface area (Å²) in [6.45, 7) is 4.88. The van der Waals surface area contributed by atoms with Crippen LogP contribution < -0.4 is 5.32 Å². The van der Waals surface area contributed by atoms with Gasteiger partial charge in [0.2, 0.25) is 5.91 Å². The number of carbonyl (C=O) groups is 1. The van der Waals surface area contributed by atoms with Gasteiger partial charge in [-0.25, -0.2) is 0 Å². The van der Waals surface area contributed by atoms with Crippen molar-refractivity contribution < 1.29 is 14.8 Å². The molecule has 25 heavy (non-hydrogen) atoms. The van der Waals surface area contributed by atoms with Gasteiger partial charge in [-0.05, 0) is 74.5 Å². The molecule has 4 saturated carbocycles. The second-order valence-electron chi connectivity index (χ2n) is 9.69. The lowest BCUT2D eigenvalue weighted by Crippen LogP contribution is -2.63. The van der Waals surface area contributed by atoms with Gasteiger partial charge in [0.25, 0.3) is 0 Å². The molecule has 4 aliphatic carbocycles. The molecule has 1 heterocycles. The van der Waals surface area contributed by atoms with E-state index in [0.29, 0.717) is 13.0 Å². The molecule has 6 heteroatoms. The highest BCUT2D eigenvalue weighted by atomic mass is 16.4. The van der Waals surface area contributed by atoms with Crippen molar-refractivity contribution in [2.45, 2.75) is 83.2 Å². The molecule has 0 aromatic carbocycles. The summed E-state index contributed by atoms with van der Waals surface area (Å²) >= 11 is 0. The minimum atomic E-state index is -1.43. The Morgan fingerprint density at radius 1 is 1.12 bits per heavy atom. The van der Waals surface area contributed by atoms with Crippen molar-refractivity contribution in [3.05, 3.63) is 0 Å². The first-order chi connectivity index (χ1) is 11.9. The summed E-state index contributed by atoms with van der Waals surface area (Å²) in [4.78, 5) is 15.3. The zero-order valence-electron chi connectivity index (χ0n) is 15.7. The summed E-state index contributed by atoms with van der Waals surface area (Å²) in [5.74, 6) is 2.08. The Morgan fingerprint density at radius 3 is 2.16 bits per heavy atom. The van der Waals surface area contributed by atoms with E-state index >= 15 is 0 Å². The van der Waals surface area contributed by atoms with Crippen molar-refractivity contribution >= 4 is 13.0 Å². The van der Waals surface area contributed by atoms with Crippen LogP contribution >= 0.6 is 0 Å². The molecule has 0 aromatic rings. The molecule has 0 radical (unpaired) electrons. The third-order valence-electron chi connectivity index (χ3n) is 7.37. The van der Waals surface area contributed by atoms with Crippen LogP contribution in [0.25, 0.3) is 0 Å². The zero-order chi connectivity index (χ0) is 17.8. The number of nitrogens with one attached hydrogen (secondary N) is 1. The number of nitrogens with zero attached hydrogens (tertiary/aromatic N) is 1. The Balaban J connectivity index is 1.61. The minimum Gasteiger partial charge on any atom is -0.426 e. The van der Waals surface area contributed by atoms with Crippen molar-refractivity contribution in [1.29, 1.82) is 0 Å². The number of carbonyl (C=O) groups excluding carboxylic acids is 1. The molecule has 4 bridgehead atoms. The van der Waals surface area contributed by atoms with Crippen LogP contribution in [0.3, 0.4) is 0 Å². The van der Waals surface area contributed by atoms with Gasteiger partial charge in [-0.15, -0.1) is 0 Å². The topological polar surface area (TPSA) is 72.8 Å². The van der Waals surface area contributed by atoms with Crippen LogP contribution in [0.4, 0.5) is 0 Å². The highest BCUT2D eigenvalue weighted by Crippen LogP contribution is 2.61. The normalized spacial score (nSPS) is 40.8. The molecule has 140 valence electrons. The SMILES string of the molecule is CC(C)NC(C(=O)N1CCCC1B(O)O)C12CC3CC(CC(C3)C1)C2. The van der Waals surface area contributed by atoms with Gasteiger partial charge >= 0.3 is 7.12 Å². The van der Waals surface area contributed by atoms with Crippen LogP contribution in [0, 0.1) is 23.2 Å². The van der Waals surface area contributed by atoms with E-state index in [2.05, 4.69) is 19.2 Å². The third kappa shape index (κ3) is 3.15. The fourth-order valence-corrected chi connectivity index (χ4v) is 6.92. The number of hydrogen-bond donors (Lipinski definition) is 3. The molecule has 1 saturated heterocycles. The first-order valence-corrected chi connectivity index (χ1v) is 10.3. The Kier molecular flexibility index (Phi) is 4.66. The lowest BCUT2D eigenvalue weighted by atomic mass is 9.47. The third-order valence-corrected chi connectivity index (χ3v) is 7.37. The predicted octanol–water partition coefficient (Wildman–Crippen LogP) is 1.57. The summed E-state index contributed by atoms with van der Waals surface area (Å²) in [7, 11) is -1.43. The van der Waals surface area contributed by atoms with E-state index in [9.17, 15) is 14.8 Å². The molecular weight excluding hydrogens is 315 g/mol. The van der Waals surface area contributed by atoms with E-state index in [-0.39, 0.29) is 23.4 Å².